The van der Waals surface area contributed by atoms with Crippen LogP contribution >= 0.6 is 0 Å². The lowest BCUT2D eigenvalue weighted by atomic mass is 10.1. The van der Waals surface area contributed by atoms with Crippen molar-refractivity contribution in [2.45, 2.75) is 6.42 Å². The summed E-state index contributed by atoms with van der Waals surface area (Å²) >= 11 is 0. The van der Waals surface area contributed by atoms with Gasteiger partial charge < -0.3 is 0 Å². The molecular weight excluding hydrogens is 248 g/mol. The second kappa shape index (κ2) is 5.53. The molecule has 0 unspecified atom stereocenters. The second-order valence-corrected chi connectivity index (χ2v) is 4.59. The Balaban J connectivity index is 1.79. The van der Waals surface area contributed by atoms with E-state index in [0.29, 0.717) is 12.0 Å². The number of benzene rings is 2. The van der Waals surface area contributed by atoms with Crippen molar-refractivity contribution < 1.29 is 4.79 Å². The van der Waals surface area contributed by atoms with E-state index in [4.69, 9.17) is 0 Å². The number of Topliss-reactive ketones (excluding diaryl/α,β-unsaturated/α-hetero) is 1. The number of hydrogen-bond acceptors (Lipinski definition) is 2. The molecule has 0 bridgehead atoms. The van der Waals surface area contributed by atoms with Crippen molar-refractivity contribution in [3.8, 4) is 5.69 Å². The zero-order valence-corrected chi connectivity index (χ0v) is 10.9. The van der Waals surface area contributed by atoms with E-state index in [0.717, 1.165) is 11.3 Å². The molecule has 0 N–H and O–H groups in total. The zero-order valence-electron chi connectivity index (χ0n) is 10.9. The van der Waals surface area contributed by atoms with E-state index in [9.17, 15) is 4.79 Å². The van der Waals surface area contributed by atoms with Gasteiger partial charge >= 0.3 is 0 Å². The summed E-state index contributed by atoms with van der Waals surface area (Å²) < 4.78 is 1.72. The van der Waals surface area contributed by atoms with Crippen LogP contribution < -0.4 is 0 Å². The summed E-state index contributed by atoms with van der Waals surface area (Å²) in [5.74, 6) is 0.0818. The van der Waals surface area contributed by atoms with E-state index in [1.807, 2.05) is 60.7 Å². The summed E-state index contributed by atoms with van der Waals surface area (Å²) in [6.45, 7) is 0. The molecule has 3 aromatic rings. The summed E-state index contributed by atoms with van der Waals surface area (Å²) in [7, 11) is 0. The molecule has 0 aliphatic heterocycles. The van der Waals surface area contributed by atoms with Crippen molar-refractivity contribution >= 4 is 5.78 Å². The number of rotatable bonds is 4. The minimum atomic E-state index is 0.0818. The molecule has 0 saturated heterocycles. The Labute approximate surface area is 117 Å². The summed E-state index contributed by atoms with van der Waals surface area (Å²) in [5, 5.41) is 4.24. The first-order valence-electron chi connectivity index (χ1n) is 6.50. The van der Waals surface area contributed by atoms with E-state index in [-0.39, 0.29) is 5.78 Å². The summed E-state index contributed by atoms with van der Waals surface area (Å²) in [6.07, 6.45) is 3.81. The molecule has 3 heteroatoms. The average Bonchev–Trinajstić information content (AvgIpc) is 2.99. The van der Waals surface area contributed by atoms with Crippen LogP contribution in [0.2, 0.25) is 0 Å². The van der Waals surface area contributed by atoms with E-state index >= 15 is 0 Å². The predicted molar refractivity (Wildman–Crippen MR) is 78.0 cm³/mol. The van der Waals surface area contributed by atoms with Crippen molar-refractivity contribution in [1.29, 1.82) is 0 Å². The fourth-order valence-electron chi connectivity index (χ4n) is 2.07. The molecule has 1 aromatic heterocycles. The summed E-state index contributed by atoms with van der Waals surface area (Å²) in [5.41, 5.74) is 2.61. The van der Waals surface area contributed by atoms with Crippen LogP contribution in [-0.2, 0) is 6.42 Å². The molecule has 3 rings (SSSR count). The van der Waals surface area contributed by atoms with Gasteiger partial charge in [0.2, 0.25) is 0 Å². The first-order valence-corrected chi connectivity index (χ1v) is 6.50. The number of para-hydroxylation sites is 1. The fraction of sp³-hybridized carbons (Fsp3) is 0.0588. The Morgan fingerprint density at radius 1 is 0.950 bits per heavy atom. The van der Waals surface area contributed by atoms with Crippen LogP contribution in [0.15, 0.2) is 73.1 Å². The molecule has 0 fully saturated rings. The molecule has 2 aromatic carbocycles. The Morgan fingerprint density at radius 2 is 1.60 bits per heavy atom. The Kier molecular flexibility index (Phi) is 3.42. The van der Waals surface area contributed by atoms with Gasteiger partial charge in [0.25, 0.3) is 0 Å². The zero-order chi connectivity index (χ0) is 13.8. The maximum Gasteiger partial charge on any atom is 0.170 e. The molecule has 0 saturated carbocycles. The third-order valence-electron chi connectivity index (χ3n) is 3.13. The molecule has 0 radical (unpaired) electrons. The van der Waals surface area contributed by atoms with Gasteiger partial charge in [0.15, 0.2) is 5.78 Å². The topological polar surface area (TPSA) is 34.9 Å². The van der Waals surface area contributed by atoms with Gasteiger partial charge in [-0.15, -0.1) is 0 Å². The van der Waals surface area contributed by atoms with Gasteiger partial charge in [0, 0.05) is 12.6 Å². The molecule has 3 nitrogen and oxygen atoms in total. The van der Waals surface area contributed by atoms with Gasteiger partial charge in [-0.2, -0.15) is 5.10 Å². The normalized spacial score (nSPS) is 10.4. The fourth-order valence-corrected chi connectivity index (χ4v) is 2.07. The van der Waals surface area contributed by atoms with Crippen LogP contribution in [0.3, 0.4) is 0 Å². The number of nitrogens with zero attached hydrogens (tertiary/aromatic N) is 2. The molecule has 0 aliphatic carbocycles. The van der Waals surface area contributed by atoms with E-state index in [2.05, 4.69) is 5.10 Å². The number of carbonyl (C=O) groups excluding carboxylic acids is 1. The smallest absolute Gasteiger partial charge is 0.170 e. The van der Waals surface area contributed by atoms with Gasteiger partial charge in [-0.1, -0.05) is 48.5 Å². The highest BCUT2D eigenvalue weighted by Gasteiger charge is 2.10. The second-order valence-electron chi connectivity index (χ2n) is 4.59. The molecule has 0 amide bonds. The average molecular weight is 262 g/mol. The first-order chi connectivity index (χ1) is 9.83. The maximum atomic E-state index is 12.2. The highest BCUT2D eigenvalue weighted by molar-refractivity contribution is 5.97. The number of ketones is 1. The number of carbonyl (C=O) groups is 1. The van der Waals surface area contributed by atoms with Crippen LogP contribution in [0.5, 0.6) is 0 Å². The lowest BCUT2D eigenvalue weighted by Crippen LogP contribution is -2.02. The monoisotopic (exact) mass is 262 g/mol. The molecule has 1 heterocycles. The highest BCUT2D eigenvalue weighted by atomic mass is 16.1. The van der Waals surface area contributed by atoms with Crippen molar-refractivity contribution in [3.63, 3.8) is 0 Å². The lowest BCUT2D eigenvalue weighted by molar-refractivity contribution is 0.0993. The predicted octanol–water partition coefficient (Wildman–Crippen LogP) is 3.30. The SMILES string of the molecule is O=C(Cc1ccccc1)c1cnn(-c2ccccc2)c1. The van der Waals surface area contributed by atoms with Crippen LogP contribution in [-0.4, -0.2) is 15.6 Å². The highest BCUT2D eigenvalue weighted by Crippen LogP contribution is 2.10. The van der Waals surface area contributed by atoms with Gasteiger partial charge in [0.1, 0.15) is 0 Å². The van der Waals surface area contributed by atoms with Crippen molar-refractivity contribution in [2.24, 2.45) is 0 Å². The van der Waals surface area contributed by atoms with Crippen LogP contribution in [0.4, 0.5) is 0 Å². The Morgan fingerprint density at radius 3 is 2.30 bits per heavy atom. The minimum absolute atomic E-state index is 0.0818. The van der Waals surface area contributed by atoms with Gasteiger partial charge in [-0.05, 0) is 17.7 Å². The molecule has 0 atom stereocenters. The Bertz CT molecular complexity index is 702. The minimum Gasteiger partial charge on any atom is -0.294 e. The largest absolute Gasteiger partial charge is 0.294 e. The van der Waals surface area contributed by atoms with Gasteiger partial charge in [-0.3, -0.25) is 4.79 Å². The van der Waals surface area contributed by atoms with Crippen molar-refractivity contribution in [1.82, 2.24) is 9.78 Å². The Hall–Kier alpha value is -2.68. The molecule has 0 spiro atoms. The van der Waals surface area contributed by atoms with E-state index in [1.54, 1.807) is 17.1 Å². The third-order valence-corrected chi connectivity index (χ3v) is 3.13. The molecular formula is C17H14N2O. The first kappa shape index (κ1) is 12.4. The van der Waals surface area contributed by atoms with Crippen LogP contribution in [0.1, 0.15) is 15.9 Å². The summed E-state index contributed by atoms with van der Waals surface area (Å²) in [4.78, 5) is 12.2. The quantitative estimate of drug-likeness (QED) is 0.676. The van der Waals surface area contributed by atoms with Gasteiger partial charge in [-0.25, -0.2) is 4.68 Å². The van der Waals surface area contributed by atoms with Crippen molar-refractivity contribution in [2.75, 3.05) is 0 Å². The van der Waals surface area contributed by atoms with E-state index in [1.165, 1.54) is 0 Å². The van der Waals surface area contributed by atoms with E-state index < -0.39 is 0 Å². The number of hydrogen-bond donors (Lipinski definition) is 0. The standard InChI is InChI=1S/C17H14N2O/c20-17(11-14-7-3-1-4-8-14)15-12-18-19(13-15)16-9-5-2-6-10-16/h1-10,12-13H,11H2. The van der Waals surface area contributed by atoms with Crippen LogP contribution in [0, 0.1) is 0 Å². The van der Waals surface area contributed by atoms with Crippen LogP contribution in [0.25, 0.3) is 5.69 Å². The van der Waals surface area contributed by atoms with Crippen molar-refractivity contribution in [3.05, 3.63) is 84.2 Å². The lowest BCUT2D eigenvalue weighted by Gasteiger charge is -2.00. The van der Waals surface area contributed by atoms with Gasteiger partial charge in [0.05, 0.1) is 17.4 Å². The number of aromatic nitrogens is 2. The molecule has 20 heavy (non-hydrogen) atoms. The molecule has 98 valence electrons. The summed E-state index contributed by atoms with van der Waals surface area (Å²) in [6, 6.07) is 19.5. The third kappa shape index (κ3) is 2.67. The molecule has 0 aliphatic rings. The maximum absolute atomic E-state index is 12.2.